The molecule has 1 aliphatic carbocycles. The van der Waals surface area contributed by atoms with Crippen LogP contribution in [0.5, 0.6) is 0 Å². The number of carbonyl (C=O) groups is 1. The van der Waals surface area contributed by atoms with Crippen molar-refractivity contribution in [1.82, 2.24) is 9.88 Å². The summed E-state index contributed by atoms with van der Waals surface area (Å²) in [5.74, 6) is -0.152. The van der Waals surface area contributed by atoms with Crippen molar-refractivity contribution < 1.29 is 18.0 Å². The van der Waals surface area contributed by atoms with Crippen molar-refractivity contribution in [2.24, 2.45) is 5.92 Å². The summed E-state index contributed by atoms with van der Waals surface area (Å²) in [5, 5.41) is 0. The molecule has 1 fully saturated rings. The van der Waals surface area contributed by atoms with Crippen molar-refractivity contribution in [2.75, 3.05) is 7.05 Å². The molecule has 1 amide bonds. The molecule has 3 unspecified atom stereocenters. The highest BCUT2D eigenvalue weighted by Crippen LogP contribution is 2.49. The van der Waals surface area contributed by atoms with Crippen molar-refractivity contribution in [3.8, 4) is 0 Å². The summed E-state index contributed by atoms with van der Waals surface area (Å²) in [4.78, 5) is 18.4. The Hall–Kier alpha value is -2.37. The van der Waals surface area contributed by atoms with Crippen LogP contribution in [-0.2, 0) is 11.0 Å². The third kappa shape index (κ3) is 3.67. The topological polar surface area (TPSA) is 33.2 Å². The second kappa shape index (κ2) is 6.50. The van der Waals surface area contributed by atoms with Gasteiger partial charge >= 0.3 is 6.18 Å². The molecular weight excluding hydrogens is 329 g/mol. The summed E-state index contributed by atoms with van der Waals surface area (Å²) < 4.78 is 37.9. The smallest absolute Gasteiger partial charge is 0.339 e. The van der Waals surface area contributed by atoms with E-state index in [1.807, 2.05) is 19.1 Å². The average Bonchev–Trinajstić information content (AvgIpc) is 3.40. The second-order valence-electron chi connectivity index (χ2n) is 6.48. The highest BCUT2D eigenvalue weighted by Gasteiger charge is 2.46. The Morgan fingerprint density at radius 2 is 1.92 bits per heavy atom. The number of amides is 1. The first kappa shape index (κ1) is 17.5. The van der Waals surface area contributed by atoms with Crippen LogP contribution < -0.4 is 0 Å². The Labute approximate surface area is 144 Å². The molecule has 0 spiro atoms. The molecule has 6 heteroatoms. The van der Waals surface area contributed by atoms with Crippen LogP contribution in [0.3, 0.4) is 0 Å². The molecule has 0 radical (unpaired) electrons. The lowest BCUT2D eigenvalue weighted by molar-refractivity contribution is -0.137. The first-order valence-corrected chi connectivity index (χ1v) is 8.13. The molecule has 1 aromatic heterocycles. The number of benzene rings is 1. The van der Waals surface area contributed by atoms with E-state index in [9.17, 15) is 18.0 Å². The maximum Gasteiger partial charge on any atom is 0.416 e. The number of carbonyl (C=O) groups excluding carboxylic acids is 1. The van der Waals surface area contributed by atoms with Gasteiger partial charge in [-0.2, -0.15) is 13.2 Å². The van der Waals surface area contributed by atoms with E-state index >= 15 is 0 Å². The summed E-state index contributed by atoms with van der Waals surface area (Å²) in [6.07, 6.45) is -0.251. The lowest BCUT2D eigenvalue weighted by Crippen LogP contribution is -2.31. The third-order valence-electron chi connectivity index (χ3n) is 4.87. The van der Waals surface area contributed by atoms with Gasteiger partial charge in [0.25, 0.3) is 0 Å². The van der Waals surface area contributed by atoms with E-state index in [0.29, 0.717) is 6.42 Å². The van der Waals surface area contributed by atoms with Crippen LogP contribution in [0, 0.1) is 5.92 Å². The molecule has 1 saturated carbocycles. The number of halogens is 3. The maximum absolute atomic E-state index is 12.7. The van der Waals surface area contributed by atoms with Crippen LogP contribution in [0.2, 0.25) is 0 Å². The molecule has 25 heavy (non-hydrogen) atoms. The van der Waals surface area contributed by atoms with Crippen molar-refractivity contribution in [1.29, 1.82) is 0 Å². The number of hydrogen-bond donors (Lipinski definition) is 0. The molecule has 3 nitrogen and oxygen atoms in total. The summed E-state index contributed by atoms with van der Waals surface area (Å²) in [5.41, 5.74) is 1.07. The van der Waals surface area contributed by atoms with Gasteiger partial charge in [-0.3, -0.25) is 9.78 Å². The van der Waals surface area contributed by atoms with E-state index < -0.39 is 11.7 Å². The van der Waals surface area contributed by atoms with Crippen LogP contribution in [0.15, 0.2) is 48.8 Å². The van der Waals surface area contributed by atoms with Crippen LogP contribution in [0.25, 0.3) is 0 Å². The standard InChI is InChI=1S/C19H19F3N2O/c1-12(14-4-3-9-23-11-14)24(2)18(25)17-10-16(17)13-5-7-15(8-6-13)19(20,21)22/h3-9,11-12,16-17H,10H2,1-2H3. The zero-order chi connectivity index (χ0) is 18.2. The van der Waals surface area contributed by atoms with Crippen molar-refractivity contribution in [3.05, 3.63) is 65.5 Å². The zero-order valence-electron chi connectivity index (χ0n) is 14.0. The van der Waals surface area contributed by atoms with Gasteiger partial charge in [0, 0.05) is 25.4 Å². The Balaban J connectivity index is 1.65. The summed E-state index contributed by atoms with van der Waals surface area (Å²) in [7, 11) is 1.75. The molecule has 0 N–H and O–H groups in total. The Kier molecular flexibility index (Phi) is 4.54. The maximum atomic E-state index is 12.7. The zero-order valence-corrected chi connectivity index (χ0v) is 14.0. The predicted molar refractivity (Wildman–Crippen MR) is 87.7 cm³/mol. The fourth-order valence-corrected chi connectivity index (χ4v) is 3.05. The molecule has 3 atom stereocenters. The molecule has 1 aliphatic rings. The third-order valence-corrected chi connectivity index (χ3v) is 4.87. The average molecular weight is 348 g/mol. The normalized spacial score (nSPS) is 20.8. The monoisotopic (exact) mass is 348 g/mol. The van der Waals surface area contributed by atoms with Crippen molar-refractivity contribution >= 4 is 5.91 Å². The predicted octanol–water partition coefficient (Wildman–Crippen LogP) is 4.42. The number of aromatic nitrogens is 1. The van der Waals surface area contributed by atoms with Gasteiger partial charge in [-0.05, 0) is 48.6 Å². The summed E-state index contributed by atoms with van der Waals surface area (Å²) in [6.45, 7) is 1.93. The largest absolute Gasteiger partial charge is 0.416 e. The van der Waals surface area contributed by atoms with Crippen LogP contribution in [-0.4, -0.2) is 22.8 Å². The number of hydrogen-bond acceptors (Lipinski definition) is 2. The highest BCUT2D eigenvalue weighted by atomic mass is 19.4. The minimum Gasteiger partial charge on any atom is -0.339 e. The number of nitrogens with zero attached hydrogens (tertiary/aromatic N) is 2. The minimum absolute atomic E-state index is 0.00154. The van der Waals surface area contributed by atoms with Crippen molar-refractivity contribution in [3.63, 3.8) is 0 Å². The minimum atomic E-state index is -4.34. The Morgan fingerprint density at radius 1 is 1.24 bits per heavy atom. The fraction of sp³-hybridized carbons (Fsp3) is 0.368. The molecule has 0 saturated heterocycles. The quantitative estimate of drug-likeness (QED) is 0.819. The van der Waals surface area contributed by atoms with Gasteiger partial charge in [-0.15, -0.1) is 0 Å². The van der Waals surface area contributed by atoms with Gasteiger partial charge in [0.2, 0.25) is 5.91 Å². The molecule has 2 aromatic rings. The second-order valence-corrected chi connectivity index (χ2v) is 6.48. The van der Waals surface area contributed by atoms with Crippen molar-refractivity contribution in [2.45, 2.75) is 31.5 Å². The van der Waals surface area contributed by atoms with E-state index in [0.717, 1.165) is 23.3 Å². The SMILES string of the molecule is CC(c1cccnc1)N(C)C(=O)C1CC1c1ccc(C(F)(F)F)cc1. The number of pyridine rings is 1. The van der Waals surface area contributed by atoms with Crippen LogP contribution in [0.1, 0.15) is 42.0 Å². The first-order valence-electron chi connectivity index (χ1n) is 8.13. The van der Waals surface area contributed by atoms with Crippen LogP contribution in [0.4, 0.5) is 13.2 Å². The molecule has 1 aromatic carbocycles. The van der Waals surface area contributed by atoms with Gasteiger partial charge < -0.3 is 4.90 Å². The molecule has 0 bridgehead atoms. The molecular formula is C19H19F3N2O. The van der Waals surface area contributed by atoms with Gasteiger partial charge in [0.1, 0.15) is 0 Å². The Bertz CT molecular complexity index is 744. The lowest BCUT2D eigenvalue weighted by Gasteiger charge is -2.25. The van der Waals surface area contributed by atoms with E-state index in [1.165, 1.54) is 12.1 Å². The number of rotatable bonds is 4. The van der Waals surface area contributed by atoms with E-state index in [2.05, 4.69) is 4.98 Å². The first-order chi connectivity index (χ1) is 11.8. The van der Waals surface area contributed by atoms with Gasteiger partial charge in [-0.25, -0.2) is 0 Å². The van der Waals surface area contributed by atoms with Gasteiger partial charge in [0.05, 0.1) is 11.6 Å². The molecule has 1 heterocycles. The summed E-state index contributed by atoms with van der Waals surface area (Å²) >= 11 is 0. The van der Waals surface area contributed by atoms with E-state index in [4.69, 9.17) is 0 Å². The fourth-order valence-electron chi connectivity index (χ4n) is 3.05. The number of alkyl halides is 3. The van der Waals surface area contributed by atoms with Crippen LogP contribution >= 0.6 is 0 Å². The summed E-state index contributed by atoms with van der Waals surface area (Å²) in [6, 6.07) is 8.76. The van der Waals surface area contributed by atoms with Gasteiger partial charge in [-0.1, -0.05) is 18.2 Å². The molecule has 0 aliphatic heterocycles. The highest BCUT2D eigenvalue weighted by molar-refractivity contribution is 5.83. The van der Waals surface area contributed by atoms with E-state index in [-0.39, 0.29) is 23.8 Å². The Morgan fingerprint density at radius 3 is 2.48 bits per heavy atom. The van der Waals surface area contributed by atoms with E-state index in [1.54, 1.807) is 24.3 Å². The molecule has 132 valence electrons. The molecule has 3 rings (SSSR count). The lowest BCUT2D eigenvalue weighted by atomic mass is 10.1. The van der Waals surface area contributed by atoms with Gasteiger partial charge in [0.15, 0.2) is 0 Å².